The topological polar surface area (TPSA) is 54.8 Å². The molecule has 2 saturated heterocycles. The number of carbonyl (C=O) groups excluding carboxylic acids is 1. The van der Waals surface area contributed by atoms with Gasteiger partial charge in [0.2, 0.25) is 5.91 Å². The molecule has 2 atom stereocenters. The van der Waals surface area contributed by atoms with Crippen molar-refractivity contribution >= 4 is 11.6 Å². The smallest absolute Gasteiger partial charge is 0.275 e. The molecule has 1 amide bonds. The monoisotopic (exact) mass is 417 g/mol. The summed E-state index contributed by atoms with van der Waals surface area (Å²) >= 11 is 0. The maximum atomic E-state index is 14.5. The first-order valence-electron chi connectivity index (χ1n) is 10.0. The minimum Gasteiger partial charge on any atom is -0.497 e. The summed E-state index contributed by atoms with van der Waals surface area (Å²) in [7, 11) is 3.34. The summed E-state index contributed by atoms with van der Waals surface area (Å²) in [5.74, 6) is -2.40. The van der Waals surface area contributed by atoms with Gasteiger partial charge in [-0.2, -0.15) is 0 Å². The number of halogens is 2. The van der Waals surface area contributed by atoms with Gasteiger partial charge in [0, 0.05) is 49.3 Å². The van der Waals surface area contributed by atoms with E-state index in [4.69, 9.17) is 4.74 Å². The molecule has 0 aliphatic carbocycles. The van der Waals surface area contributed by atoms with E-state index in [1.807, 2.05) is 13.1 Å². The van der Waals surface area contributed by atoms with Crippen molar-refractivity contribution in [3.05, 3.63) is 57.5 Å². The number of anilines is 1. The number of hydrogen-bond acceptors (Lipinski definition) is 4. The number of likely N-dealkylation sites (tertiary alicyclic amines) is 1. The molecule has 1 aromatic carbocycles. The molecule has 0 saturated carbocycles. The number of aryl methyl sites for hydroxylation is 1. The van der Waals surface area contributed by atoms with Crippen LogP contribution in [0.25, 0.3) is 0 Å². The molecule has 2 fully saturated rings. The quantitative estimate of drug-likeness (QED) is 0.768. The molecule has 0 radical (unpaired) electrons. The zero-order valence-electron chi connectivity index (χ0n) is 17.3. The first-order valence-corrected chi connectivity index (χ1v) is 10.0. The van der Waals surface area contributed by atoms with Crippen molar-refractivity contribution in [2.75, 3.05) is 38.7 Å². The second-order valence-electron chi connectivity index (χ2n) is 8.17. The van der Waals surface area contributed by atoms with E-state index in [2.05, 4.69) is 4.90 Å². The summed E-state index contributed by atoms with van der Waals surface area (Å²) in [6, 6.07) is 4.10. The van der Waals surface area contributed by atoms with Crippen molar-refractivity contribution in [3.8, 4) is 5.75 Å². The molecule has 8 heteroatoms. The number of likely N-dealkylation sites (N-methyl/N-ethyl adjacent to an activating group) is 1. The summed E-state index contributed by atoms with van der Waals surface area (Å²) in [6.07, 6.45) is 2.57. The lowest BCUT2D eigenvalue weighted by Crippen LogP contribution is -2.36. The van der Waals surface area contributed by atoms with E-state index in [-0.39, 0.29) is 41.8 Å². The largest absolute Gasteiger partial charge is 0.497 e. The number of methoxy groups -OCH3 is 1. The van der Waals surface area contributed by atoms with Gasteiger partial charge in [-0.25, -0.2) is 8.78 Å². The standard InChI is InChI=1S/C22H25F2N3O3/c1-13-4-7-26(15-5-6-25(2)12-15)22(29)21(13)27-11-14(8-19(27)28)20-17(23)9-16(30-3)10-18(20)24/h4,7,9-10,14-15H,5-6,8,11-12H2,1-3H3. The Morgan fingerprint density at radius 2 is 1.83 bits per heavy atom. The van der Waals surface area contributed by atoms with Crippen LogP contribution >= 0.6 is 0 Å². The van der Waals surface area contributed by atoms with Crippen LogP contribution in [-0.4, -0.2) is 49.2 Å². The fourth-order valence-electron chi connectivity index (χ4n) is 4.57. The van der Waals surface area contributed by atoms with E-state index in [1.54, 1.807) is 17.7 Å². The van der Waals surface area contributed by atoms with Gasteiger partial charge in [0.05, 0.1) is 13.2 Å². The average molecular weight is 417 g/mol. The fraction of sp³-hybridized carbons (Fsp3) is 0.455. The maximum Gasteiger partial charge on any atom is 0.275 e. The van der Waals surface area contributed by atoms with Crippen LogP contribution in [0.4, 0.5) is 14.5 Å². The Morgan fingerprint density at radius 1 is 1.13 bits per heavy atom. The SMILES string of the molecule is COc1cc(F)c(C2CC(=O)N(c3c(C)ccn(C4CCN(C)C4)c3=O)C2)c(F)c1. The Labute approximate surface area is 173 Å². The normalized spacial score (nSPS) is 22.2. The Bertz CT molecular complexity index is 1030. The molecule has 0 bridgehead atoms. The second kappa shape index (κ2) is 7.83. The lowest BCUT2D eigenvalue weighted by molar-refractivity contribution is -0.117. The summed E-state index contributed by atoms with van der Waals surface area (Å²) in [5, 5.41) is 0. The third kappa shape index (κ3) is 3.49. The highest BCUT2D eigenvalue weighted by Gasteiger charge is 2.37. The van der Waals surface area contributed by atoms with Gasteiger partial charge in [0.15, 0.2) is 0 Å². The molecule has 2 aliphatic rings. The van der Waals surface area contributed by atoms with Gasteiger partial charge in [-0.05, 0) is 38.6 Å². The zero-order chi connectivity index (χ0) is 21.6. The molecule has 6 nitrogen and oxygen atoms in total. The zero-order valence-corrected chi connectivity index (χ0v) is 17.3. The Hall–Kier alpha value is -2.74. The lowest BCUT2D eigenvalue weighted by Gasteiger charge is -2.22. The number of nitrogens with zero attached hydrogens (tertiary/aromatic N) is 3. The van der Waals surface area contributed by atoms with Crippen molar-refractivity contribution in [2.45, 2.75) is 31.7 Å². The van der Waals surface area contributed by atoms with E-state index < -0.39 is 17.6 Å². The lowest BCUT2D eigenvalue weighted by atomic mass is 9.97. The maximum absolute atomic E-state index is 14.5. The molecule has 2 unspecified atom stereocenters. The first-order chi connectivity index (χ1) is 14.3. The molecule has 1 aromatic heterocycles. The molecular weight excluding hydrogens is 392 g/mol. The van der Waals surface area contributed by atoms with Crippen molar-refractivity contribution < 1.29 is 18.3 Å². The molecule has 0 spiro atoms. The molecular formula is C22H25F2N3O3. The van der Waals surface area contributed by atoms with Gasteiger partial charge in [-0.15, -0.1) is 0 Å². The van der Waals surface area contributed by atoms with Crippen LogP contribution < -0.4 is 15.2 Å². The minimum atomic E-state index is -0.748. The van der Waals surface area contributed by atoms with E-state index in [9.17, 15) is 18.4 Å². The summed E-state index contributed by atoms with van der Waals surface area (Å²) < 4.78 is 35.7. The van der Waals surface area contributed by atoms with Gasteiger partial charge in [0.1, 0.15) is 23.1 Å². The Balaban J connectivity index is 1.68. The third-order valence-corrected chi connectivity index (χ3v) is 6.15. The summed E-state index contributed by atoms with van der Waals surface area (Å²) in [5.41, 5.74) is 0.596. The van der Waals surface area contributed by atoms with Gasteiger partial charge < -0.3 is 19.1 Å². The highest BCUT2D eigenvalue weighted by Crippen LogP contribution is 2.36. The van der Waals surface area contributed by atoms with Gasteiger partial charge in [-0.3, -0.25) is 9.59 Å². The number of benzene rings is 1. The second-order valence-corrected chi connectivity index (χ2v) is 8.17. The van der Waals surface area contributed by atoms with Crippen molar-refractivity contribution in [1.82, 2.24) is 9.47 Å². The third-order valence-electron chi connectivity index (χ3n) is 6.15. The number of hydrogen-bond donors (Lipinski definition) is 0. The number of amides is 1. The van der Waals surface area contributed by atoms with Crippen LogP contribution in [0.15, 0.2) is 29.2 Å². The molecule has 0 N–H and O–H groups in total. The molecule has 2 aliphatic heterocycles. The number of pyridine rings is 1. The fourth-order valence-corrected chi connectivity index (χ4v) is 4.57. The first kappa shape index (κ1) is 20.5. The van der Waals surface area contributed by atoms with Crippen LogP contribution in [0, 0.1) is 18.6 Å². The van der Waals surface area contributed by atoms with Crippen LogP contribution in [-0.2, 0) is 4.79 Å². The van der Waals surface area contributed by atoms with E-state index in [0.29, 0.717) is 11.3 Å². The van der Waals surface area contributed by atoms with E-state index in [0.717, 1.165) is 31.6 Å². The Morgan fingerprint density at radius 3 is 2.43 bits per heavy atom. The Kier molecular flexibility index (Phi) is 5.36. The van der Waals surface area contributed by atoms with Crippen molar-refractivity contribution in [2.24, 2.45) is 0 Å². The van der Waals surface area contributed by atoms with Crippen LogP contribution in [0.5, 0.6) is 5.75 Å². The van der Waals surface area contributed by atoms with E-state index in [1.165, 1.54) is 12.0 Å². The highest BCUT2D eigenvalue weighted by molar-refractivity contribution is 5.97. The number of carbonyl (C=O) groups is 1. The molecule has 4 rings (SSSR count). The molecule has 30 heavy (non-hydrogen) atoms. The number of ether oxygens (including phenoxy) is 1. The van der Waals surface area contributed by atoms with Gasteiger partial charge in [-0.1, -0.05) is 0 Å². The van der Waals surface area contributed by atoms with Crippen molar-refractivity contribution in [3.63, 3.8) is 0 Å². The van der Waals surface area contributed by atoms with Crippen LogP contribution in [0.3, 0.4) is 0 Å². The van der Waals surface area contributed by atoms with Crippen LogP contribution in [0.2, 0.25) is 0 Å². The predicted molar refractivity (Wildman–Crippen MR) is 109 cm³/mol. The molecule has 2 aromatic rings. The number of rotatable bonds is 4. The highest BCUT2D eigenvalue weighted by atomic mass is 19.1. The average Bonchev–Trinajstić information content (AvgIpc) is 3.27. The van der Waals surface area contributed by atoms with Crippen LogP contribution in [0.1, 0.15) is 35.9 Å². The van der Waals surface area contributed by atoms with Gasteiger partial charge >= 0.3 is 0 Å². The van der Waals surface area contributed by atoms with Crippen molar-refractivity contribution in [1.29, 1.82) is 0 Å². The predicted octanol–water partition coefficient (Wildman–Crippen LogP) is 2.84. The van der Waals surface area contributed by atoms with Gasteiger partial charge in [0.25, 0.3) is 5.56 Å². The summed E-state index contributed by atoms with van der Waals surface area (Å²) in [6.45, 7) is 3.50. The summed E-state index contributed by atoms with van der Waals surface area (Å²) in [4.78, 5) is 29.6. The number of aromatic nitrogens is 1. The minimum absolute atomic E-state index is 0.0480. The molecule has 3 heterocycles. The van der Waals surface area contributed by atoms with E-state index >= 15 is 0 Å². The molecule has 160 valence electrons.